The molecule has 2 saturated heterocycles. The number of hydrogen-bond donors (Lipinski definition) is 2. The number of aliphatic carboxylic acids is 1. The van der Waals surface area contributed by atoms with Gasteiger partial charge in [-0.05, 0) is 77.7 Å². The van der Waals surface area contributed by atoms with Crippen molar-refractivity contribution in [3.8, 4) is 11.5 Å². The van der Waals surface area contributed by atoms with Crippen molar-refractivity contribution in [3.05, 3.63) is 156 Å². The number of fused-ring (bicyclic) bond motifs is 2. The van der Waals surface area contributed by atoms with Gasteiger partial charge < -0.3 is 24.8 Å². The number of carbonyl (C=O) groups is 4. The number of para-hydroxylation sites is 2. The van der Waals surface area contributed by atoms with Gasteiger partial charge in [0.15, 0.2) is 5.78 Å². The zero-order chi connectivity index (χ0) is 46.5. The molecule has 0 atom stereocenters. The zero-order valence-electron chi connectivity index (χ0n) is 38.5. The number of likely N-dealkylation sites (tertiary alicyclic amines) is 1. The van der Waals surface area contributed by atoms with Crippen LogP contribution in [0.25, 0.3) is 21.5 Å². The Hall–Kier alpha value is -6.56. The minimum Gasteiger partial charge on any atom is -0.496 e. The van der Waals surface area contributed by atoms with Crippen molar-refractivity contribution in [2.45, 2.75) is 64.5 Å². The van der Waals surface area contributed by atoms with Crippen molar-refractivity contribution >= 4 is 45.1 Å². The monoisotopic (exact) mass is 892 g/mol. The molecule has 2 heterocycles. The number of carbonyl (C=O) groups excluding carboxylic acids is 3. The second kappa shape index (κ2) is 25.8. The van der Waals surface area contributed by atoms with Gasteiger partial charge in [-0.3, -0.25) is 29.0 Å². The van der Waals surface area contributed by atoms with E-state index in [1.165, 1.54) is 43.5 Å². The van der Waals surface area contributed by atoms with E-state index in [1.54, 1.807) is 14.2 Å². The minimum absolute atomic E-state index is 0.0521. The van der Waals surface area contributed by atoms with E-state index in [0.29, 0.717) is 19.3 Å². The van der Waals surface area contributed by atoms with Crippen molar-refractivity contribution in [3.63, 3.8) is 0 Å². The van der Waals surface area contributed by atoms with E-state index >= 15 is 0 Å². The molecule has 0 saturated carbocycles. The maximum atomic E-state index is 12.6. The molecule has 6 aromatic rings. The quantitative estimate of drug-likeness (QED) is 0.0915. The Kier molecular flexibility index (Phi) is 19.1. The number of benzene rings is 6. The van der Waals surface area contributed by atoms with Crippen molar-refractivity contribution < 1.29 is 33.8 Å². The van der Waals surface area contributed by atoms with Gasteiger partial charge in [0.1, 0.15) is 11.5 Å². The van der Waals surface area contributed by atoms with Gasteiger partial charge in [-0.15, -0.1) is 0 Å². The third-order valence-electron chi connectivity index (χ3n) is 12.1. The third kappa shape index (κ3) is 15.3. The number of piperidine rings is 1. The molecule has 0 unspecified atom stereocenters. The van der Waals surface area contributed by atoms with Gasteiger partial charge in [0.2, 0.25) is 11.8 Å². The van der Waals surface area contributed by atoms with Crippen molar-refractivity contribution in [2.24, 2.45) is 0 Å². The number of piperazine rings is 1. The highest BCUT2D eigenvalue weighted by atomic mass is 16.5. The molecule has 2 aliphatic heterocycles. The van der Waals surface area contributed by atoms with E-state index in [2.05, 4.69) is 33.3 Å². The molecule has 2 N–H and O–H groups in total. The first-order valence-corrected chi connectivity index (χ1v) is 23.1. The summed E-state index contributed by atoms with van der Waals surface area (Å²) in [7, 11) is 3.44. The number of methoxy groups -OCH3 is 2. The summed E-state index contributed by atoms with van der Waals surface area (Å²) in [6.07, 6.45) is 5.70. The normalized spacial score (nSPS) is 14.0. The van der Waals surface area contributed by atoms with Gasteiger partial charge in [0.25, 0.3) is 0 Å². The summed E-state index contributed by atoms with van der Waals surface area (Å²) in [6.45, 7) is 7.65. The predicted octanol–water partition coefficient (Wildman–Crippen LogP) is 9.20. The fourth-order valence-corrected chi connectivity index (χ4v) is 8.39. The van der Waals surface area contributed by atoms with Crippen LogP contribution in [0, 0.1) is 0 Å². The average molecular weight is 893 g/mol. The largest absolute Gasteiger partial charge is 0.496 e. The fraction of sp³-hybridized carbons (Fsp3) is 0.345. The number of carboxylic acid groups (broad SMARTS) is 1. The van der Waals surface area contributed by atoms with Gasteiger partial charge in [-0.2, -0.15) is 0 Å². The lowest BCUT2D eigenvalue weighted by Gasteiger charge is -2.35. The second-order valence-electron chi connectivity index (χ2n) is 16.8. The Morgan fingerprint density at radius 2 is 1.09 bits per heavy atom. The van der Waals surface area contributed by atoms with E-state index in [9.17, 15) is 19.2 Å². The number of rotatable bonds is 16. The van der Waals surface area contributed by atoms with Gasteiger partial charge in [-0.1, -0.05) is 122 Å². The van der Waals surface area contributed by atoms with Crippen LogP contribution in [-0.2, 0) is 33.9 Å². The van der Waals surface area contributed by atoms with Gasteiger partial charge in [0.05, 0.1) is 27.1 Å². The molecular formula is C55H64N4O7. The molecule has 0 radical (unpaired) electrons. The van der Waals surface area contributed by atoms with E-state index in [-0.39, 0.29) is 37.0 Å². The van der Waals surface area contributed by atoms with Crippen LogP contribution >= 0.6 is 0 Å². The molecule has 66 heavy (non-hydrogen) atoms. The van der Waals surface area contributed by atoms with Crippen LogP contribution in [0.4, 0.5) is 0 Å². The molecule has 346 valence electrons. The molecule has 0 aromatic heterocycles. The van der Waals surface area contributed by atoms with E-state index in [4.69, 9.17) is 14.6 Å². The van der Waals surface area contributed by atoms with Crippen LogP contribution in [-0.4, -0.2) is 103 Å². The van der Waals surface area contributed by atoms with Crippen LogP contribution in [0.3, 0.4) is 0 Å². The van der Waals surface area contributed by atoms with Crippen molar-refractivity contribution in [1.82, 2.24) is 20.0 Å². The van der Waals surface area contributed by atoms with Crippen LogP contribution in [0.5, 0.6) is 11.5 Å². The number of nitrogens with one attached hydrogen (secondary N) is 1. The minimum atomic E-state index is -0.911. The summed E-state index contributed by atoms with van der Waals surface area (Å²) in [5, 5.41) is 15.5. The molecule has 0 spiro atoms. The van der Waals surface area contributed by atoms with E-state index < -0.39 is 5.97 Å². The Morgan fingerprint density at radius 3 is 1.68 bits per heavy atom. The standard InChI is InChI=1S/C27H30N2O3.C15H15NO3.C13H19NO/c1-32-26-11-5-4-9-24(26)20-28-15-17-29(18-16-28)27(31)12-6-10-25(30)23-14-13-21-7-2-3-8-22(21)19-23;17-14(16-8-7-15(18)19)10-11-5-6-12-3-1-2-4-13(12)9-11;1-15-13-8-4-3-7-12(13)11-14-9-5-2-6-10-14/h2-5,7-9,11,13-14,19H,6,10,12,15-18,20H2,1H3;1-6,9H,7-8,10H2,(H,16,17)(H,18,19);3-4,7-8H,2,5-6,9-11H2,1H3. The fourth-order valence-electron chi connectivity index (χ4n) is 8.39. The van der Waals surface area contributed by atoms with Crippen LogP contribution < -0.4 is 14.8 Å². The number of ether oxygens (including phenoxy) is 2. The third-order valence-corrected chi connectivity index (χ3v) is 12.1. The Balaban J connectivity index is 0.000000179. The maximum Gasteiger partial charge on any atom is 0.305 e. The van der Waals surface area contributed by atoms with E-state index in [1.807, 2.05) is 120 Å². The molecule has 8 rings (SSSR count). The number of nitrogens with zero attached hydrogens (tertiary/aromatic N) is 3. The molecule has 2 aliphatic rings. The topological polar surface area (TPSA) is 129 Å². The first kappa shape index (κ1) is 48.9. The molecule has 0 aliphatic carbocycles. The number of ketones is 1. The highest BCUT2D eigenvalue weighted by Gasteiger charge is 2.22. The second-order valence-corrected chi connectivity index (χ2v) is 16.8. The summed E-state index contributed by atoms with van der Waals surface area (Å²) in [6, 6.07) is 44.0. The molecular weight excluding hydrogens is 829 g/mol. The van der Waals surface area contributed by atoms with Crippen LogP contribution in [0.2, 0.25) is 0 Å². The van der Waals surface area contributed by atoms with Gasteiger partial charge in [-0.25, -0.2) is 0 Å². The van der Waals surface area contributed by atoms with Crippen LogP contribution in [0.1, 0.15) is 72.0 Å². The van der Waals surface area contributed by atoms with E-state index in [0.717, 1.165) is 83.4 Å². The summed E-state index contributed by atoms with van der Waals surface area (Å²) >= 11 is 0. The predicted molar refractivity (Wildman–Crippen MR) is 262 cm³/mol. The number of carboxylic acids is 1. The summed E-state index contributed by atoms with van der Waals surface area (Å²) in [4.78, 5) is 54.0. The molecule has 2 fully saturated rings. The Labute approximate surface area is 389 Å². The average Bonchev–Trinajstić information content (AvgIpc) is 3.35. The molecule has 6 aromatic carbocycles. The molecule has 11 nitrogen and oxygen atoms in total. The smallest absolute Gasteiger partial charge is 0.305 e. The molecule has 0 bridgehead atoms. The first-order valence-electron chi connectivity index (χ1n) is 23.1. The number of amides is 2. The van der Waals surface area contributed by atoms with Gasteiger partial charge >= 0.3 is 5.97 Å². The Bertz CT molecular complexity index is 2510. The Morgan fingerprint density at radius 1 is 0.561 bits per heavy atom. The zero-order valence-corrected chi connectivity index (χ0v) is 38.5. The summed E-state index contributed by atoms with van der Waals surface area (Å²) < 4.78 is 10.8. The molecule has 11 heteroatoms. The SMILES string of the molecule is COc1ccccc1CN1CCCCC1.COc1ccccc1CN1CCN(C(=O)CCCC(=O)c2ccc3ccccc3c2)CC1.O=C(O)CCNC(=O)Cc1ccc2ccccc2c1. The lowest BCUT2D eigenvalue weighted by Crippen LogP contribution is -2.48. The van der Waals surface area contributed by atoms with Gasteiger partial charge in [0, 0.05) is 75.3 Å². The lowest BCUT2D eigenvalue weighted by molar-refractivity contribution is -0.137. The number of Topliss-reactive ketones (excluding diaryl/α,β-unsaturated/α-hetero) is 1. The van der Waals surface area contributed by atoms with Crippen LogP contribution in [0.15, 0.2) is 133 Å². The maximum absolute atomic E-state index is 12.6. The highest BCUT2D eigenvalue weighted by Crippen LogP contribution is 2.23. The number of hydrogen-bond acceptors (Lipinski definition) is 8. The van der Waals surface area contributed by atoms with Crippen molar-refractivity contribution in [1.29, 1.82) is 0 Å². The molecule has 2 amide bonds. The van der Waals surface area contributed by atoms with Crippen molar-refractivity contribution in [2.75, 3.05) is 60.0 Å². The highest BCUT2D eigenvalue weighted by molar-refractivity contribution is 6.00. The summed E-state index contributed by atoms with van der Waals surface area (Å²) in [5.74, 6) is 1.10. The lowest BCUT2D eigenvalue weighted by atomic mass is 10.0. The summed E-state index contributed by atoms with van der Waals surface area (Å²) in [5.41, 5.74) is 4.12. The first-order chi connectivity index (χ1) is 32.2.